The molecule has 4 heteroatoms. The molecule has 1 fully saturated rings. The topological polar surface area (TPSA) is 41.6 Å². The predicted molar refractivity (Wildman–Crippen MR) is 78.4 cm³/mol. The summed E-state index contributed by atoms with van der Waals surface area (Å²) < 4.78 is 5.23. The predicted octanol–water partition coefficient (Wildman–Crippen LogP) is 3.17. The van der Waals surface area contributed by atoms with Crippen molar-refractivity contribution in [3.63, 3.8) is 0 Å². The van der Waals surface area contributed by atoms with Crippen molar-refractivity contribution in [1.29, 1.82) is 0 Å². The minimum atomic E-state index is -0.419. The van der Waals surface area contributed by atoms with Gasteiger partial charge in [0.05, 0.1) is 0 Å². The first-order valence-corrected chi connectivity index (χ1v) is 7.63. The minimum absolute atomic E-state index is 0.313. The lowest BCUT2D eigenvalue weighted by molar-refractivity contribution is 0.0516. The fourth-order valence-corrected chi connectivity index (χ4v) is 2.66. The fraction of sp³-hybridized carbons (Fsp3) is 0.933. The molecule has 1 rings (SSSR count). The number of ether oxygens (including phenoxy) is 1. The van der Waals surface area contributed by atoms with Crippen LogP contribution in [0, 0.1) is 0 Å². The molecule has 0 aromatic carbocycles. The quantitative estimate of drug-likeness (QED) is 0.834. The highest BCUT2D eigenvalue weighted by molar-refractivity contribution is 5.67. The van der Waals surface area contributed by atoms with Gasteiger partial charge in [-0.3, -0.25) is 4.90 Å². The average Bonchev–Trinajstić information content (AvgIpc) is 2.33. The van der Waals surface area contributed by atoms with Crippen LogP contribution in [0.1, 0.15) is 59.8 Å². The minimum Gasteiger partial charge on any atom is -0.444 e. The van der Waals surface area contributed by atoms with Crippen LogP contribution in [-0.4, -0.2) is 42.3 Å². The van der Waals surface area contributed by atoms with Crippen molar-refractivity contribution in [2.45, 2.75) is 71.4 Å². The van der Waals surface area contributed by atoms with Gasteiger partial charge in [0, 0.05) is 19.1 Å². The van der Waals surface area contributed by atoms with Crippen molar-refractivity contribution in [3.05, 3.63) is 0 Å². The number of alkyl carbamates (subject to hydrolysis) is 1. The summed E-state index contributed by atoms with van der Waals surface area (Å²) in [6.45, 7) is 10.5. The van der Waals surface area contributed by atoms with Gasteiger partial charge in [0.2, 0.25) is 0 Å². The largest absolute Gasteiger partial charge is 0.444 e. The Bertz CT molecular complexity index is 268. The Balaban J connectivity index is 2.23. The summed E-state index contributed by atoms with van der Waals surface area (Å²) in [7, 11) is 0. The molecule has 0 bridgehead atoms. The third-order valence-electron chi connectivity index (χ3n) is 3.56. The van der Waals surface area contributed by atoms with E-state index < -0.39 is 5.60 Å². The lowest BCUT2D eigenvalue weighted by atomic mass is 9.94. The Labute approximate surface area is 117 Å². The van der Waals surface area contributed by atoms with E-state index in [2.05, 4.69) is 17.1 Å². The molecule has 1 amide bonds. The van der Waals surface area contributed by atoms with Crippen molar-refractivity contribution in [2.75, 3.05) is 19.6 Å². The van der Waals surface area contributed by atoms with E-state index in [0.29, 0.717) is 12.6 Å². The molecule has 112 valence electrons. The lowest BCUT2D eigenvalue weighted by Crippen LogP contribution is -2.42. The highest BCUT2D eigenvalue weighted by Crippen LogP contribution is 2.22. The monoisotopic (exact) mass is 270 g/mol. The summed E-state index contributed by atoms with van der Waals surface area (Å²) in [6.07, 6.45) is 6.37. The molecule has 0 unspecified atom stereocenters. The molecular formula is C15H30N2O2. The standard InChI is InChI=1S/C15H30N2O2/c1-5-17(13-9-7-6-8-10-13)12-11-16-14(18)19-15(2,3)4/h13H,5-12H2,1-4H3,(H,16,18). The molecule has 0 atom stereocenters. The summed E-state index contributed by atoms with van der Waals surface area (Å²) in [5, 5.41) is 2.84. The van der Waals surface area contributed by atoms with Crippen LogP contribution in [0.4, 0.5) is 4.79 Å². The molecule has 4 nitrogen and oxygen atoms in total. The van der Waals surface area contributed by atoms with E-state index in [0.717, 1.165) is 13.1 Å². The van der Waals surface area contributed by atoms with Gasteiger partial charge in [-0.15, -0.1) is 0 Å². The van der Waals surface area contributed by atoms with Gasteiger partial charge < -0.3 is 10.1 Å². The van der Waals surface area contributed by atoms with E-state index in [1.807, 2.05) is 20.8 Å². The number of rotatable bonds is 5. The average molecular weight is 270 g/mol. The van der Waals surface area contributed by atoms with Gasteiger partial charge >= 0.3 is 6.09 Å². The maximum absolute atomic E-state index is 11.6. The molecule has 1 aliphatic rings. The van der Waals surface area contributed by atoms with Gasteiger partial charge in [0.15, 0.2) is 0 Å². The van der Waals surface area contributed by atoms with Crippen LogP contribution in [0.25, 0.3) is 0 Å². The van der Waals surface area contributed by atoms with Crippen molar-refractivity contribution < 1.29 is 9.53 Å². The number of hydrogen-bond acceptors (Lipinski definition) is 3. The first-order chi connectivity index (χ1) is 8.92. The van der Waals surface area contributed by atoms with Crippen LogP contribution < -0.4 is 5.32 Å². The molecule has 1 saturated carbocycles. The summed E-state index contributed by atoms with van der Waals surface area (Å²) in [4.78, 5) is 14.0. The van der Waals surface area contributed by atoms with E-state index in [-0.39, 0.29) is 6.09 Å². The summed E-state index contributed by atoms with van der Waals surface area (Å²) in [5.74, 6) is 0. The molecule has 0 radical (unpaired) electrons. The normalized spacial score (nSPS) is 17.5. The van der Waals surface area contributed by atoms with Crippen molar-refractivity contribution >= 4 is 6.09 Å². The Morgan fingerprint density at radius 3 is 2.42 bits per heavy atom. The molecule has 0 saturated heterocycles. The van der Waals surface area contributed by atoms with Gasteiger partial charge in [-0.1, -0.05) is 26.2 Å². The highest BCUT2D eigenvalue weighted by Gasteiger charge is 2.20. The van der Waals surface area contributed by atoms with E-state index in [1.165, 1.54) is 32.1 Å². The Morgan fingerprint density at radius 1 is 1.26 bits per heavy atom. The molecule has 0 aromatic heterocycles. The second-order valence-corrected chi connectivity index (χ2v) is 6.35. The van der Waals surface area contributed by atoms with Gasteiger partial charge in [-0.25, -0.2) is 4.79 Å². The molecule has 1 N–H and O–H groups in total. The Kier molecular flexibility index (Phi) is 6.63. The van der Waals surface area contributed by atoms with Crippen LogP contribution in [0.5, 0.6) is 0 Å². The first kappa shape index (κ1) is 16.3. The molecule has 0 aromatic rings. The zero-order chi connectivity index (χ0) is 14.3. The van der Waals surface area contributed by atoms with E-state index in [1.54, 1.807) is 0 Å². The van der Waals surface area contributed by atoms with Crippen LogP contribution in [0.15, 0.2) is 0 Å². The second kappa shape index (κ2) is 7.73. The van der Waals surface area contributed by atoms with Gasteiger partial charge in [-0.05, 0) is 40.2 Å². The second-order valence-electron chi connectivity index (χ2n) is 6.35. The van der Waals surface area contributed by atoms with Crippen LogP contribution >= 0.6 is 0 Å². The first-order valence-electron chi connectivity index (χ1n) is 7.63. The van der Waals surface area contributed by atoms with Gasteiger partial charge in [0.1, 0.15) is 5.60 Å². The highest BCUT2D eigenvalue weighted by atomic mass is 16.6. The van der Waals surface area contributed by atoms with Crippen molar-refractivity contribution in [2.24, 2.45) is 0 Å². The molecule has 0 spiro atoms. The number of likely N-dealkylation sites (N-methyl/N-ethyl adjacent to an activating group) is 1. The number of nitrogens with one attached hydrogen (secondary N) is 1. The maximum atomic E-state index is 11.6. The van der Waals surface area contributed by atoms with E-state index in [9.17, 15) is 4.79 Å². The zero-order valence-corrected chi connectivity index (χ0v) is 13.0. The molecule has 1 aliphatic carbocycles. The zero-order valence-electron chi connectivity index (χ0n) is 13.0. The van der Waals surface area contributed by atoms with Crippen LogP contribution in [-0.2, 0) is 4.74 Å². The molecule has 0 aliphatic heterocycles. The van der Waals surface area contributed by atoms with E-state index in [4.69, 9.17) is 4.74 Å². The van der Waals surface area contributed by atoms with Crippen LogP contribution in [0.2, 0.25) is 0 Å². The fourth-order valence-electron chi connectivity index (χ4n) is 2.66. The SMILES string of the molecule is CCN(CCNC(=O)OC(C)(C)C)C1CCCCC1. The third-order valence-corrected chi connectivity index (χ3v) is 3.56. The van der Waals surface area contributed by atoms with Crippen molar-refractivity contribution in [1.82, 2.24) is 10.2 Å². The molecule has 0 heterocycles. The van der Waals surface area contributed by atoms with Crippen molar-refractivity contribution in [3.8, 4) is 0 Å². The molecule has 19 heavy (non-hydrogen) atoms. The van der Waals surface area contributed by atoms with Gasteiger partial charge in [-0.2, -0.15) is 0 Å². The number of amides is 1. The molecular weight excluding hydrogens is 240 g/mol. The number of carbonyl (C=O) groups excluding carboxylic acids is 1. The Morgan fingerprint density at radius 2 is 1.89 bits per heavy atom. The lowest BCUT2D eigenvalue weighted by Gasteiger charge is -2.33. The van der Waals surface area contributed by atoms with Crippen LogP contribution in [0.3, 0.4) is 0 Å². The number of carbonyl (C=O) groups is 1. The summed E-state index contributed by atoms with van der Waals surface area (Å²) >= 11 is 0. The van der Waals surface area contributed by atoms with Gasteiger partial charge in [0.25, 0.3) is 0 Å². The Hall–Kier alpha value is -0.770. The summed E-state index contributed by atoms with van der Waals surface area (Å²) in [5.41, 5.74) is -0.419. The maximum Gasteiger partial charge on any atom is 0.407 e. The summed E-state index contributed by atoms with van der Waals surface area (Å²) in [6, 6.07) is 0.708. The third kappa shape index (κ3) is 6.81. The number of hydrogen-bond donors (Lipinski definition) is 1. The smallest absolute Gasteiger partial charge is 0.407 e. The number of nitrogens with zero attached hydrogens (tertiary/aromatic N) is 1. The van der Waals surface area contributed by atoms with E-state index >= 15 is 0 Å².